The fourth-order valence-corrected chi connectivity index (χ4v) is 1.93. The van der Waals surface area contributed by atoms with E-state index in [1.54, 1.807) is 0 Å². The van der Waals surface area contributed by atoms with Crippen LogP contribution in [0.1, 0.15) is 33.6 Å². The van der Waals surface area contributed by atoms with E-state index in [-0.39, 0.29) is 24.0 Å². The number of ether oxygens (including phenoxy) is 2. The van der Waals surface area contributed by atoms with Gasteiger partial charge in [0.2, 0.25) is 0 Å². The minimum Gasteiger partial charge on any atom is -0.461 e. The summed E-state index contributed by atoms with van der Waals surface area (Å²) in [5.74, 6) is 0.190. The first kappa shape index (κ1) is 14.3. The molecule has 0 fully saturated rings. The highest BCUT2D eigenvalue weighted by molar-refractivity contribution is 7.99. The Kier molecular flexibility index (Phi) is 8.18. The normalized spacial score (nSPS) is 11.9. The predicted octanol–water partition coefficient (Wildman–Crippen LogP) is 1.97. The van der Waals surface area contributed by atoms with Crippen LogP contribution in [-0.4, -0.2) is 29.7 Å². The molecule has 0 aromatic carbocycles. The molecule has 15 heavy (non-hydrogen) atoms. The highest BCUT2D eigenvalue weighted by Crippen LogP contribution is 2.15. The van der Waals surface area contributed by atoms with Crippen molar-refractivity contribution in [1.82, 2.24) is 0 Å². The summed E-state index contributed by atoms with van der Waals surface area (Å²) < 4.78 is 9.79. The van der Waals surface area contributed by atoms with Crippen molar-refractivity contribution >= 4 is 23.7 Å². The van der Waals surface area contributed by atoms with Gasteiger partial charge in [0.1, 0.15) is 6.61 Å². The van der Waals surface area contributed by atoms with Gasteiger partial charge in [-0.2, -0.15) is 0 Å². The molecule has 0 aromatic heterocycles. The van der Waals surface area contributed by atoms with E-state index in [4.69, 9.17) is 9.47 Å². The Hall–Kier alpha value is -0.710. The standard InChI is InChI=1S/C10H18O4S/c1-4-5-6-15-10(14-9(3)12)7-13-8(2)11/h10H,4-7H2,1-3H3. The number of esters is 2. The first-order chi connectivity index (χ1) is 7.06. The molecule has 0 aliphatic heterocycles. The molecule has 0 saturated heterocycles. The van der Waals surface area contributed by atoms with Crippen LogP contribution >= 0.6 is 11.8 Å². The maximum absolute atomic E-state index is 10.8. The van der Waals surface area contributed by atoms with Gasteiger partial charge in [-0.3, -0.25) is 9.59 Å². The second kappa shape index (κ2) is 8.59. The zero-order chi connectivity index (χ0) is 11.7. The van der Waals surface area contributed by atoms with Crippen molar-refractivity contribution in [2.45, 2.75) is 39.0 Å². The lowest BCUT2D eigenvalue weighted by molar-refractivity contribution is -0.151. The molecule has 0 amide bonds. The lowest BCUT2D eigenvalue weighted by Gasteiger charge is -2.15. The highest BCUT2D eigenvalue weighted by Gasteiger charge is 2.13. The molecule has 0 radical (unpaired) electrons. The molecule has 1 atom stereocenters. The number of unbranched alkanes of at least 4 members (excludes halogenated alkanes) is 1. The summed E-state index contributed by atoms with van der Waals surface area (Å²) in [6.45, 7) is 4.90. The summed E-state index contributed by atoms with van der Waals surface area (Å²) in [7, 11) is 0. The lowest BCUT2D eigenvalue weighted by atomic mass is 10.4. The predicted molar refractivity (Wildman–Crippen MR) is 59.6 cm³/mol. The zero-order valence-corrected chi connectivity index (χ0v) is 10.3. The van der Waals surface area contributed by atoms with E-state index in [1.165, 1.54) is 25.6 Å². The molecule has 0 aliphatic carbocycles. The zero-order valence-electron chi connectivity index (χ0n) is 9.45. The molecule has 5 heteroatoms. The van der Waals surface area contributed by atoms with Crippen LogP contribution in [0.3, 0.4) is 0 Å². The van der Waals surface area contributed by atoms with Gasteiger partial charge in [0.05, 0.1) is 0 Å². The molecule has 4 nitrogen and oxygen atoms in total. The quantitative estimate of drug-likeness (QED) is 0.383. The Morgan fingerprint density at radius 1 is 1.27 bits per heavy atom. The van der Waals surface area contributed by atoms with Gasteiger partial charge in [-0.25, -0.2) is 0 Å². The van der Waals surface area contributed by atoms with Crippen LogP contribution in [0.2, 0.25) is 0 Å². The molecule has 0 aromatic rings. The van der Waals surface area contributed by atoms with Crippen LogP contribution in [-0.2, 0) is 19.1 Å². The van der Waals surface area contributed by atoms with Gasteiger partial charge in [-0.15, -0.1) is 11.8 Å². The Bertz CT molecular complexity index is 206. The Balaban J connectivity index is 3.83. The van der Waals surface area contributed by atoms with Crippen molar-refractivity contribution in [2.75, 3.05) is 12.4 Å². The Morgan fingerprint density at radius 2 is 1.93 bits per heavy atom. The van der Waals surface area contributed by atoms with E-state index in [9.17, 15) is 9.59 Å². The first-order valence-corrected chi connectivity index (χ1v) is 6.03. The third kappa shape index (κ3) is 9.59. The van der Waals surface area contributed by atoms with Crippen LogP contribution in [0, 0.1) is 0 Å². The molecule has 0 rings (SSSR count). The maximum Gasteiger partial charge on any atom is 0.303 e. The van der Waals surface area contributed by atoms with Crippen LogP contribution in [0.4, 0.5) is 0 Å². The molecule has 0 spiro atoms. The van der Waals surface area contributed by atoms with E-state index in [0.29, 0.717) is 0 Å². The minimum atomic E-state index is -0.377. The molecular formula is C10H18O4S. The van der Waals surface area contributed by atoms with E-state index in [2.05, 4.69) is 6.92 Å². The average molecular weight is 234 g/mol. The number of hydrogen-bond acceptors (Lipinski definition) is 5. The van der Waals surface area contributed by atoms with Crippen LogP contribution in [0.5, 0.6) is 0 Å². The molecule has 0 bridgehead atoms. The summed E-state index contributed by atoms with van der Waals surface area (Å²) in [5.41, 5.74) is -0.377. The maximum atomic E-state index is 10.8. The van der Waals surface area contributed by atoms with E-state index < -0.39 is 0 Å². The second-order valence-electron chi connectivity index (χ2n) is 3.07. The Morgan fingerprint density at radius 3 is 2.40 bits per heavy atom. The topological polar surface area (TPSA) is 52.6 Å². The number of carbonyl (C=O) groups excluding carboxylic acids is 2. The summed E-state index contributed by atoms with van der Waals surface area (Å²) in [4.78, 5) is 21.3. The molecule has 88 valence electrons. The summed E-state index contributed by atoms with van der Waals surface area (Å²) in [6.07, 6.45) is 2.15. The van der Waals surface area contributed by atoms with Gasteiger partial charge in [0.25, 0.3) is 0 Å². The number of rotatable bonds is 7. The van der Waals surface area contributed by atoms with Gasteiger partial charge >= 0.3 is 11.9 Å². The molecular weight excluding hydrogens is 216 g/mol. The third-order valence-electron chi connectivity index (χ3n) is 1.52. The second-order valence-corrected chi connectivity index (χ2v) is 4.33. The first-order valence-electron chi connectivity index (χ1n) is 4.98. The molecule has 1 unspecified atom stereocenters. The summed E-state index contributed by atoms with van der Waals surface area (Å²) >= 11 is 1.50. The van der Waals surface area contributed by atoms with Crippen molar-refractivity contribution in [3.05, 3.63) is 0 Å². The van der Waals surface area contributed by atoms with Crippen molar-refractivity contribution in [3.8, 4) is 0 Å². The molecule has 0 saturated carbocycles. The highest BCUT2D eigenvalue weighted by atomic mass is 32.2. The van der Waals surface area contributed by atoms with Gasteiger partial charge < -0.3 is 9.47 Å². The minimum absolute atomic E-state index is 0.128. The molecule has 0 heterocycles. The van der Waals surface area contributed by atoms with Gasteiger partial charge in [0.15, 0.2) is 5.44 Å². The third-order valence-corrected chi connectivity index (χ3v) is 2.65. The van der Waals surface area contributed by atoms with E-state index in [0.717, 1.165) is 18.6 Å². The fourth-order valence-electron chi connectivity index (χ4n) is 0.846. The number of thioether (sulfide) groups is 1. The lowest BCUT2D eigenvalue weighted by Crippen LogP contribution is -2.20. The SMILES string of the molecule is CCCCSC(COC(C)=O)OC(C)=O. The summed E-state index contributed by atoms with van der Waals surface area (Å²) in [5, 5.41) is 0. The van der Waals surface area contributed by atoms with Crippen LogP contribution in [0.15, 0.2) is 0 Å². The van der Waals surface area contributed by atoms with Crippen LogP contribution in [0.25, 0.3) is 0 Å². The van der Waals surface area contributed by atoms with Gasteiger partial charge in [-0.1, -0.05) is 13.3 Å². The van der Waals surface area contributed by atoms with Gasteiger partial charge in [0, 0.05) is 13.8 Å². The van der Waals surface area contributed by atoms with Crippen molar-refractivity contribution < 1.29 is 19.1 Å². The van der Waals surface area contributed by atoms with Crippen LogP contribution < -0.4 is 0 Å². The molecule has 0 N–H and O–H groups in total. The van der Waals surface area contributed by atoms with Gasteiger partial charge in [-0.05, 0) is 12.2 Å². The van der Waals surface area contributed by atoms with E-state index in [1.807, 2.05) is 0 Å². The Labute approximate surface area is 94.7 Å². The van der Waals surface area contributed by atoms with Crippen molar-refractivity contribution in [2.24, 2.45) is 0 Å². The largest absolute Gasteiger partial charge is 0.461 e. The van der Waals surface area contributed by atoms with Crippen molar-refractivity contribution in [1.29, 1.82) is 0 Å². The summed E-state index contributed by atoms with van der Waals surface area (Å²) in [6, 6.07) is 0. The average Bonchev–Trinajstić information content (AvgIpc) is 2.13. The fraction of sp³-hybridized carbons (Fsp3) is 0.800. The monoisotopic (exact) mass is 234 g/mol. The number of hydrogen-bond donors (Lipinski definition) is 0. The van der Waals surface area contributed by atoms with Crippen molar-refractivity contribution in [3.63, 3.8) is 0 Å². The smallest absolute Gasteiger partial charge is 0.303 e. The van der Waals surface area contributed by atoms with E-state index >= 15 is 0 Å². The molecule has 0 aliphatic rings. The number of carbonyl (C=O) groups is 2.